The van der Waals surface area contributed by atoms with Crippen molar-refractivity contribution in [2.75, 3.05) is 24.6 Å². The van der Waals surface area contributed by atoms with Gasteiger partial charge in [0.25, 0.3) is 0 Å². The minimum absolute atomic E-state index is 0.107. The molecule has 8 heteroatoms. The minimum Gasteiger partial charge on any atom is -0.370 e. The molecule has 1 unspecified atom stereocenters. The van der Waals surface area contributed by atoms with E-state index in [4.69, 9.17) is 21.3 Å². The quantitative estimate of drug-likeness (QED) is 0.489. The van der Waals surface area contributed by atoms with Gasteiger partial charge in [-0.25, -0.2) is 14.4 Å². The van der Waals surface area contributed by atoms with Crippen LogP contribution in [-0.2, 0) is 11.8 Å². The fourth-order valence-corrected chi connectivity index (χ4v) is 3.96. The molecule has 6 nitrogen and oxygen atoms in total. The largest absolute Gasteiger partial charge is 0.370 e. The third-order valence-electron chi connectivity index (χ3n) is 5.28. The zero-order valence-electron chi connectivity index (χ0n) is 16.3. The van der Waals surface area contributed by atoms with Crippen LogP contribution in [0.5, 0.6) is 0 Å². The first-order chi connectivity index (χ1) is 14.6. The number of anilines is 1. The van der Waals surface area contributed by atoms with E-state index in [0.29, 0.717) is 35.9 Å². The average molecular weight is 424 g/mol. The van der Waals surface area contributed by atoms with E-state index in [1.807, 2.05) is 37.6 Å². The molecule has 0 N–H and O–H groups in total. The third kappa shape index (κ3) is 3.51. The van der Waals surface area contributed by atoms with E-state index in [2.05, 4.69) is 15.0 Å². The molecule has 0 radical (unpaired) electrons. The highest BCUT2D eigenvalue weighted by Crippen LogP contribution is 2.34. The standard InChI is InChI=1S/C22H19ClFN5O/c1-28-12-14(11-26-28)20-13-29(7-8-30-20)21-10-18(16-5-4-15(23)9-19(16)24)17-3-2-6-25-22(17)27-21/h2-6,9-12,20H,7-8,13H2,1H3. The summed E-state index contributed by atoms with van der Waals surface area (Å²) in [6, 6.07) is 10.4. The van der Waals surface area contributed by atoms with Gasteiger partial charge < -0.3 is 9.64 Å². The monoisotopic (exact) mass is 423 g/mol. The minimum atomic E-state index is -0.375. The molecule has 1 aliphatic heterocycles. The van der Waals surface area contributed by atoms with Crippen molar-refractivity contribution < 1.29 is 9.13 Å². The van der Waals surface area contributed by atoms with Crippen LogP contribution in [0.15, 0.2) is 55.0 Å². The molecule has 4 heterocycles. The molecule has 1 aliphatic rings. The lowest BCUT2D eigenvalue weighted by molar-refractivity contribution is 0.0395. The second-order valence-corrected chi connectivity index (χ2v) is 7.72. The number of fused-ring (bicyclic) bond motifs is 1. The van der Waals surface area contributed by atoms with Crippen molar-refractivity contribution in [2.45, 2.75) is 6.10 Å². The summed E-state index contributed by atoms with van der Waals surface area (Å²) in [5.41, 5.74) is 2.80. The van der Waals surface area contributed by atoms with Gasteiger partial charge in [0.1, 0.15) is 17.7 Å². The molecular weight excluding hydrogens is 405 g/mol. The molecule has 1 atom stereocenters. The number of halogens is 2. The van der Waals surface area contributed by atoms with Crippen molar-refractivity contribution in [2.24, 2.45) is 7.05 Å². The highest BCUT2D eigenvalue weighted by Gasteiger charge is 2.25. The number of hydrogen-bond donors (Lipinski definition) is 0. The van der Waals surface area contributed by atoms with Gasteiger partial charge in [-0.05, 0) is 42.0 Å². The highest BCUT2D eigenvalue weighted by atomic mass is 35.5. The SMILES string of the molecule is Cn1cc(C2CN(c3cc(-c4ccc(Cl)cc4F)c4cccnc4n3)CCO2)cn1. The Bertz CT molecular complexity index is 1230. The van der Waals surface area contributed by atoms with Gasteiger partial charge in [0.15, 0.2) is 5.65 Å². The second kappa shape index (κ2) is 7.66. The van der Waals surface area contributed by atoms with Crippen molar-refractivity contribution in [3.63, 3.8) is 0 Å². The van der Waals surface area contributed by atoms with E-state index in [1.165, 1.54) is 6.07 Å². The van der Waals surface area contributed by atoms with Crippen LogP contribution in [0.2, 0.25) is 5.02 Å². The Morgan fingerprint density at radius 3 is 2.90 bits per heavy atom. The fraction of sp³-hybridized carbons (Fsp3) is 0.227. The zero-order valence-corrected chi connectivity index (χ0v) is 17.1. The van der Waals surface area contributed by atoms with Crippen LogP contribution in [-0.4, -0.2) is 39.4 Å². The predicted octanol–water partition coefficient (Wildman–Crippen LogP) is 4.40. The van der Waals surface area contributed by atoms with Gasteiger partial charge in [-0.2, -0.15) is 5.10 Å². The number of ether oxygens (including phenoxy) is 1. The van der Waals surface area contributed by atoms with Gasteiger partial charge in [0.2, 0.25) is 0 Å². The molecule has 0 aliphatic carbocycles. The Labute approximate surface area is 177 Å². The van der Waals surface area contributed by atoms with Crippen molar-refractivity contribution in [3.8, 4) is 11.1 Å². The van der Waals surface area contributed by atoms with E-state index in [9.17, 15) is 4.39 Å². The molecule has 0 amide bonds. The Balaban J connectivity index is 1.58. The molecule has 0 bridgehead atoms. The number of pyridine rings is 2. The molecule has 0 spiro atoms. The maximum atomic E-state index is 14.8. The van der Waals surface area contributed by atoms with Crippen LogP contribution in [0, 0.1) is 5.82 Å². The molecule has 1 fully saturated rings. The van der Waals surface area contributed by atoms with Crippen molar-refractivity contribution in [1.29, 1.82) is 0 Å². The number of rotatable bonds is 3. The van der Waals surface area contributed by atoms with Gasteiger partial charge in [-0.3, -0.25) is 4.68 Å². The summed E-state index contributed by atoms with van der Waals surface area (Å²) in [5.74, 6) is 0.364. The molecule has 152 valence electrons. The van der Waals surface area contributed by atoms with E-state index in [0.717, 1.165) is 22.3 Å². The lowest BCUT2D eigenvalue weighted by Gasteiger charge is -2.33. The number of hydrogen-bond acceptors (Lipinski definition) is 5. The first kappa shape index (κ1) is 19.0. The first-order valence-corrected chi connectivity index (χ1v) is 10.0. The first-order valence-electron chi connectivity index (χ1n) is 9.65. The van der Waals surface area contributed by atoms with Crippen LogP contribution in [0.1, 0.15) is 11.7 Å². The van der Waals surface area contributed by atoms with Crippen molar-refractivity contribution >= 4 is 28.5 Å². The van der Waals surface area contributed by atoms with Crippen LogP contribution in [0.25, 0.3) is 22.2 Å². The number of nitrogens with zero attached hydrogens (tertiary/aromatic N) is 5. The third-order valence-corrected chi connectivity index (χ3v) is 5.51. The van der Waals surface area contributed by atoms with Gasteiger partial charge in [0.05, 0.1) is 12.8 Å². The topological polar surface area (TPSA) is 56.1 Å². The Morgan fingerprint density at radius 1 is 1.20 bits per heavy atom. The molecule has 1 saturated heterocycles. The Kier molecular flexibility index (Phi) is 4.84. The van der Waals surface area contributed by atoms with E-state index in [-0.39, 0.29) is 11.9 Å². The summed E-state index contributed by atoms with van der Waals surface area (Å²) in [7, 11) is 1.88. The molecule has 1 aromatic carbocycles. The second-order valence-electron chi connectivity index (χ2n) is 7.28. The van der Waals surface area contributed by atoms with E-state index >= 15 is 0 Å². The molecule has 4 aromatic rings. The Hall–Kier alpha value is -3.03. The van der Waals surface area contributed by atoms with E-state index < -0.39 is 0 Å². The lowest BCUT2D eigenvalue weighted by atomic mass is 10.0. The predicted molar refractivity (Wildman–Crippen MR) is 114 cm³/mol. The summed E-state index contributed by atoms with van der Waals surface area (Å²) in [5, 5.41) is 5.39. The maximum absolute atomic E-state index is 14.8. The number of aryl methyl sites for hydroxylation is 1. The van der Waals surface area contributed by atoms with Crippen LogP contribution in [0.4, 0.5) is 10.2 Å². The lowest BCUT2D eigenvalue weighted by Crippen LogP contribution is -2.38. The summed E-state index contributed by atoms with van der Waals surface area (Å²) in [4.78, 5) is 11.3. The summed E-state index contributed by atoms with van der Waals surface area (Å²) in [6.07, 6.45) is 5.36. The highest BCUT2D eigenvalue weighted by molar-refractivity contribution is 6.30. The smallest absolute Gasteiger partial charge is 0.162 e. The Morgan fingerprint density at radius 2 is 2.10 bits per heavy atom. The number of aromatic nitrogens is 4. The van der Waals surface area contributed by atoms with Crippen molar-refractivity contribution in [1.82, 2.24) is 19.7 Å². The van der Waals surface area contributed by atoms with Crippen LogP contribution in [0.3, 0.4) is 0 Å². The average Bonchev–Trinajstić information content (AvgIpc) is 3.20. The summed E-state index contributed by atoms with van der Waals surface area (Å²) >= 11 is 5.96. The summed E-state index contributed by atoms with van der Waals surface area (Å²) in [6.45, 7) is 1.87. The van der Waals surface area contributed by atoms with Crippen molar-refractivity contribution in [3.05, 3.63) is 71.4 Å². The van der Waals surface area contributed by atoms with E-state index in [1.54, 1.807) is 23.0 Å². The molecule has 5 rings (SSSR count). The number of morpholine rings is 1. The molecule has 0 saturated carbocycles. The normalized spacial score (nSPS) is 16.9. The molecular formula is C22H19ClFN5O. The van der Waals surface area contributed by atoms with Gasteiger partial charge in [0, 0.05) is 54.1 Å². The molecule has 3 aromatic heterocycles. The van der Waals surface area contributed by atoms with Crippen LogP contribution < -0.4 is 4.90 Å². The fourth-order valence-electron chi connectivity index (χ4n) is 3.80. The maximum Gasteiger partial charge on any atom is 0.162 e. The van der Waals surface area contributed by atoms with Crippen LogP contribution >= 0.6 is 11.6 Å². The number of benzene rings is 1. The summed E-state index contributed by atoms with van der Waals surface area (Å²) < 4.78 is 22.5. The van der Waals surface area contributed by atoms with Gasteiger partial charge >= 0.3 is 0 Å². The zero-order chi connectivity index (χ0) is 20.7. The molecule has 30 heavy (non-hydrogen) atoms. The van der Waals surface area contributed by atoms with Gasteiger partial charge in [-0.15, -0.1) is 0 Å². The van der Waals surface area contributed by atoms with Gasteiger partial charge in [-0.1, -0.05) is 11.6 Å².